The minimum absolute atomic E-state index is 0.113. The third kappa shape index (κ3) is 4.52. The van der Waals surface area contributed by atoms with Crippen LogP contribution in [0.3, 0.4) is 0 Å². The van der Waals surface area contributed by atoms with Gasteiger partial charge in [0.1, 0.15) is 0 Å². The minimum atomic E-state index is -0.113. The van der Waals surface area contributed by atoms with Gasteiger partial charge in [-0.1, -0.05) is 34.3 Å². The molecule has 0 saturated heterocycles. The van der Waals surface area contributed by atoms with E-state index in [0.29, 0.717) is 22.6 Å². The number of rotatable bonds is 6. The molecule has 8 nitrogen and oxygen atoms in total. The number of hydrogen-bond acceptors (Lipinski definition) is 9. The van der Waals surface area contributed by atoms with Gasteiger partial charge in [0.15, 0.2) is 10.2 Å². The standard InChI is InChI=1S/C14H14N6O2S2/c1-8-15-12(22-20-8)7-23-14-19-18-13(24-14)17-11-5-3-4-10(6-11)16-9(2)21/h3-6H,7H2,1-2H3,(H,16,21)(H,17,18). The molecule has 124 valence electrons. The van der Waals surface area contributed by atoms with Crippen molar-refractivity contribution in [2.45, 2.75) is 23.9 Å². The first-order chi connectivity index (χ1) is 11.6. The molecule has 0 aliphatic carbocycles. The van der Waals surface area contributed by atoms with Crippen molar-refractivity contribution in [3.05, 3.63) is 36.0 Å². The topological polar surface area (TPSA) is 106 Å². The predicted molar refractivity (Wildman–Crippen MR) is 92.5 cm³/mol. The van der Waals surface area contributed by atoms with E-state index in [1.807, 2.05) is 24.3 Å². The molecule has 0 bridgehead atoms. The van der Waals surface area contributed by atoms with E-state index >= 15 is 0 Å². The Morgan fingerprint density at radius 3 is 2.92 bits per heavy atom. The minimum Gasteiger partial charge on any atom is -0.338 e. The Morgan fingerprint density at radius 1 is 1.33 bits per heavy atom. The zero-order valence-corrected chi connectivity index (χ0v) is 14.6. The van der Waals surface area contributed by atoms with Crippen LogP contribution in [0.1, 0.15) is 18.6 Å². The zero-order valence-electron chi connectivity index (χ0n) is 12.9. The Morgan fingerprint density at radius 2 is 2.17 bits per heavy atom. The summed E-state index contributed by atoms with van der Waals surface area (Å²) < 4.78 is 5.86. The maximum absolute atomic E-state index is 11.1. The maximum atomic E-state index is 11.1. The Labute approximate surface area is 146 Å². The molecule has 2 N–H and O–H groups in total. The molecule has 0 saturated carbocycles. The van der Waals surface area contributed by atoms with Crippen molar-refractivity contribution in [1.29, 1.82) is 0 Å². The van der Waals surface area contributed by atoms with Crippen LogP contribution in [0.2, 0.25) is 0 Å². The average molecular weight is 362 g/mol. The summed E-state index contributed by atoms with van der Waals surface area (Å²) >= 11 is 2.91. The Kier molecular flexibility index (Phi) is 5.06. The first kappa shape index (κ1) is 16.4. The lowest BCUT2D eigenvalue weighted by Gasteiger charge is -2.05. The SMILES string of the molecule is CC(=O)Nc1cccc(Nc2nnc(SCc3nc(C)no3)s2)c1. The summed E-state index contributed by atoms with van der Waals surface area (Å²) in [5, 5.41) is 18.5. The number of amides is 1. The van der Waals surface area contributed by atoms with Crippen molar-refractivity contribution >= 4 is 45.5 Å². The second-order valence-corrected chi connectivity index (χ2v) is 6.98. The second kappa shape index (κ2) is 7.41. The van der Waals surface area contributed by atoms with Gasteiger partial charge in [-0.25, -0.2) is 0 Å². The normalized spacial score (nSPS) is 10.6. The lowest BCUT2D eigenvalue weighted by Crippen LogP contribution is -2.05. The van der Waals surface area contributed by atoms with Crippen LogP contribution >= 0.6 is 23.1 Å². The van der Waals surface area contributed by atoms with Gasteiger partial charge in [0, 0.05) is 18.3 Å². The molecule has 2 aromatic heterocycles. The number of carbonyl (C=O) groups is 1. The van der Waals surface area contributed by atoms with Crippen molar-refractivity contribution in [3.8, 4) is 0 Å². The van der Waals surface area contributed by atoms with E-state index < -0.39 is 0 Å². The Bertz CT molecular complexity index is 847. The number of hydrogen-bond donors (Lipinski definition) is 2. The lowest BCUT2D eigenvalue weighted by molar-refractivity contribution is -0.114. The highest BCUT2D eigenvalue weighted by Gasteiger charge is 2.09. The fourth-order valence-electron chi connectivity index (χ4n) is 1.84. The van der Waals surface area contributed by atoms with Crippen molar-refractivity contribution in [1.82, 2.24) is 20.3 Å². The number of thioether (sulfide) groups is 1. The van der Waals surface area contributed by atoms with E-state index in [1.165, 1.54) is 30.0 Å². The molecule has 0 atom stereocenters. The third-order valence-electron chi connectivity index (χ3n) is 2.73. The van der Waals surface area contributed by atoms with Gasteiger partial charge in [-0.05, 0) is 25.1 Å². The van der Waals surface area contributed by atoms with E-state index in [2.05, 4.69) is 31.0 Å². The third-order valence-corrected chi connectivity index (χ3v) is 4.69. The number of benzene rings is 1. The first-order valence-corrected chi connectivity index (χ1v) is 8.79. The van der Waals surface area contributed by atoms with Gasteiger partial charge in [-0.2, -0.15) is 4.98 Å². The number of aryl methyl sites for hydroxylation is 1. The average Bonchev–Trinajstić information content (AvgIpc) is 3.14. The summed E-state index contributed by atoms with van der Waals surface area (Å²) in [5.74, 6) is 1.61. The largest absolute Gasteiger partial charge is 0.338 e. The Balaban J connectivity index is 1.60. The van der Waals surface area contributed by atoms with Crippen LogP contribution in [-0.4, -0.2) is 26.2 Å². The van der Waals surface area contributed by atoms with E-state index in [1.54, 1.807) is 6.92 Å². The maximum Gasteiger partial charge on any atom is 0.237 e. The van der Waals surface area contributed by atoms with Crippen molar-refractivity contribution in [3.63, 3.8) is 0 Å². The van der Waals surface area contributed by atoms with E-state index in [0.717, 1.165) is 15.7 Å². The van der Waals surface area contributed by atoms with Crippen LogP contribution in [-0.2, 0) is 10.5 Å². The van der Waals surface area contributed by atoms with Crippen molar-refractivity contribution in [2.75, 3.05) is 10.6 Å². The molecule has 1 amide bonds. The van der Waals surface area contributed by atoms with Crippen LogP contribution in [0.5, 0.6) is 0 Å². The summed E-state index contributed by atoms with van der Waals surface area (Å²) in [6.07, 6.45) is 0. The Hall–Kier alpha value is -2.46. The van der Waals surface area contributed by atoms with Crippen molar-refractivity contribution in [2.24, 2.45) is 0 Å². The van der Waals surface area contributed by atoms with Gasteiger partial charge in [0.25, 0.3) is 0 Å². The highest BCUT2D eigenvalue weighted by molar-refractivity contribution is 8.00. The molecule has 0 radical (unpaired) electrons. The molecule has 0 aliphatic heterocycles. The van der Waals surface area contributed by atoms with Gasteiger partial charge >= 0.3 is 0 Å². The van der Waals surface area contributed by atoms with Gasteiger partial charge < -0.3 is 15.2 Å². The van der Waals surface area contributed by atoms with Crippen LogP contribution in [0, 0.1) is 6.92 Å². The summed E-state index contributed by atoms with van der Waals surface area (Å²) in [7, 11) is 0. The van der Waals surface area contributed by atoms with E-state index in [9.17, 15) is 4.79 Å². The first-order valence-electron chi connectivity index (χ1n) is 6.98. The molecule has 0 unspecified atom stereocenters. The number of carbonyl (C=O) groups excluding carboxylic acids is 1. The number of anilines is 3. The zero-order chi connectivity index (χ0) is 16.9. The van der Waals surface area contributed by atoms with Gasteiger partial charge in [-0.3, -0.25) is 4.79 Å². The van der Waals surface area contributed by atoms with Crippen LogP contribution < -0.4 is 10.6 Å². The molecule has 1 aromatic carbocycles. The van der Waals surface area contributed by atoms with Gasteiger partial charge in [0.2, 0.25) is 16.9 Å². The van der Waals surface area contributed by atoms with Crippen LogP contribution in [0.15, 0.2) is 33.1 Å². The monoisotopic (exact) mass is 362 g/mol. The van der Waals surface area contributed by atoms with Crippen molar-refractivity contribution < 1.29 is 9.32 Å². The van der Waals surface area contributed by atoms with Gasteiger partial charge in [0.05, 0.1) is 5.75 Å². The molecule has 24 heavy (non-hydrogen) atoms. The summed E-state index contributed by atoms with van der Waals surface area (Å²) in [6.45, 7) is 3.25. The number of nitrogens with zero attached hydrogens (tertiary/aromatic N) is 4. The summed E-state index contributed by atoms with van der Waals surface area (Å²) in [5.41, 5.74) is 1.54. The number of aromatic nitrogens is 4. The van der Waals surface area contributed by atoms with E-state index in [4.69, 9.17) is 4.52 Å². The molecule has 0 aliphatic rings. The quantitative estimate of drug-likeness (QED) is 0.644. The molecule has 0 fully saturated rings. The van der Waals surface area contributed by atoms with Crippen LogP contribution in [0.25, 0.3) is 0 Å². The smallest absolute Gasteiger partial charge is 0.237 e. The molecular weight excluding hydrogens is 348 g/mol. The van der Waals surface area contributed by atoms with E-state index in [-0.39, 0.29) is 5.91 Å². The second-order valence-electron chi connectivity index (χ2n) is 4.78. The fourth-order valence-corrected chi connectivity index (χ4v) is 3.45. The molecular formula is C14H14N6O2S2. The fraction of sp³-hybridized carbons (Fsp3) is 0.214. The lowest BCUT2D eigenvalue weighted by atomic mass is 10.3. The predicted octanol–water partition coefficient (Wildman–Crippen LogP) is 3.22. The highest BCUT2D eigenvalue weighted by Crippen LogP contribution is 2.30. The van der Waals surface area contributed by atoms with Gasteiger partial charge in [-0.15, -0.1) is 10.2 Å². The molecule has 10 heteroatoms. The molecule has 3 rings (SSSR count). The summed E-state index contributed by atoms with van der Waals surface area (Å²) in [4.78, 5) is 15.2. The molecule has 3 aromatic rings. The highest BCUT2D eigenvalue weighted by atomic mass is 32.2. The molecule has 0 spiro atoms. The summed E-state index contributed by atoms with van der Waals surface area (Å²) in [6, 6.07) is 7.39. The number of nitrogens with one attached hydrogen (secondary N) is 2. The molecule has 2 heterocycles. The van der Waals surface area contributed by atoms with Crippen LogP contribution in [0.4, 0.5) is 16.5 Å².